The van der Waals surface area contributed by atoms with Gasteiger partial charge in [0.1, 0.15) is 9.76 Å². The van der Waals surface area contributed by atoms with Crippen molar-refractivity contribution in [1.82, 2.24) is 0 Å². The topological polar surface area (TPSA) is 46.5 Å². The molecule has 0 aromatic rings. The summed E-state index contributed by atoms with van der Waals surface area (Å²) in [4.78, 5) is 10.5. The van der Waals surface area contributed by atoms with Crippen LogP contribution in [0.2, 0.25) is 11.6 Å². The quantitative estimate of drug-likeness (QED) is 0.591. The van der Waals surface area contributed by atoms with Gasteiger partial charge in [-0.05, 0) is 0 Å². The minimum absolute atomic E-state index is 0.399. The standard InChI is InChI=1S/C5H14O3Si2/c1-5(2,4(6)7)10-8-9-3/h9-10H2,1-3H3,(H,6,7). The average Bonchev–Trinajstić information content (AvgIpc) is 1.84. The fourth-order valence-electron chi connectivity index (χ4n) is 0.419. The molecule has 1 N–H and O–H groups in total. The maximum Gasteiger partial charge on any atom is 0.308 e. The van der Waals surface area contributed by atoms with Crippen LogP contribution in [-0.4, -0.2) is 30.6 Å². The molecule has 0 bridgehead atoms. The van der Waals surface area contributed by atoms with Crippen molar-refractivity contribution in [3.05, 3.63) is 0 Å². The van der Waals surface area contributed by atoms with Crippen LogP contribution in [0.5, 0.6) is 0 Å². The molecule has 0 heterocycles. The van der Waals surface area contributed by atoms with Gasteiger partial charge < -0.3 is 9.22 Å². The van der Waals surface area contributed by atoms with Crippen LogP contribution in [0.15, 0.2) is 0 Å². The fraction of sp³-hybridized carbons (Fsp3) is 0.800. The van der Waals surface area contributed by atoms with E-state index < -0.39 is 30.5 Å². The SMILES string of the molecule is C[SiH2]O[SiH2]C(C)(C)C(=O)O. The summed E-state index contributed by atoms with van der Waals surface area (Å²) in [7, 11) is -1.25. The van der Waals surface area contributed by atoms with E-state index in [2.05, 4.69) is 0 Å². The second kappa shape index (κ2) is 3.89. The lowest BCUT2D eigenvalue weighted by Gasteiger charge is -2.17. The predicted octanol–water partition coefficient (Wildman–Crippen LogP) is -0.498. The van der Waals surface area contributed by atoms with Gasteiger partial charge in [-0.15, -0.1) is 0 Å². The summed E-state index contributed by atoms with van der Waals surface area (Å²) in [5.41, 5.74) is 0. The van der Waals surface area contributed by atoms with Gasteiger partial charge in [0.15, 0.2) is 9.76 Å². The molecule has 0 aromatic heterocycles. The van der Waals surface area contributed by atoms with E-state index in [1.165, 1.54) is 0 Å². The first-order valence-electron chi connectivity index (χ1n) is 3.32. The van der Waals surface area contributed by atoms with Crippen molar-refractivity contribution in [1.29, 1.82) is 0 Å². The van der Waals surface area contributed by atoms with E-state index in [0.717, 1.165) is 0 Å². The first-order valence-corrected chi connectivity index (χ1v) is 6.59. The highest BCUT2D eigenvalue weighted by atomic mass is 28.3. The summed E-state index contributed by atoms with van der Waals surface area (Å²) in [6.07, 6.45) is 0. The molecule has 0 radical (unpaired) electrons. The zero-order valence-corrected chi connectivity index (χ0v) is 9.51. The molecular weight excluding hydrogens is 164 g/mol. The molecule has 0 aliphatic heterocycles. The van der Waals surface area contributed by atoms with E-state index in [4.69, 9.17) is 9.22 Å². The summed E-state index contributed by atoms with van der Waals surface area (Å²) in [6.45, 7) is 5.47. The number of carboxylic acid groups (broad SMARTS) is 1. The average molecular weight is 178 g/mol. The first-order chi connectivity index (χ1) is 4.50. The molecule has 0 spiro atoms. The molecule has 0 fully saturated rings. The van der Waals surface area contributed by atoms with Crippen LogP contribution in [0.25, 0.3) is 0 Å². The molecule has 0 atom stereocenters. The summed E-state index contributed by atoms with van der Waals surface area (Å²) >= 11 is 0. The lowest BCUT2D eigenvalue weighted by Crippen LogP contribution is -2.25. The van der Waals surface area contributed by atoms with Gasteiger partial charge in [0.05, 0.1) is 5.04 Å². The van der Waals surface area contributed by atoms with E-state index in [9.17, 15) is 4.79 Å². The molecular formula is C5H14O3Si2. The van der Waals surface area contributed by atoms with Crippen LogP contribution < -0.4 is 0 Å². The molecule has 10 heavy (non-hydrogen) atoms. The molecule has 0 aliphatic rings. The number of carbonyl (C=O) groups is 1. The molecule has 3 nitrogen and oxygen atoms in total. The number of hydrogen-bond donors (Lipinski definition) is 1. The monoisotopic (exact) mass is 178 g/mol. The third kappa shape index (κ3) is 3.14. The number of aliphatic carboxylic acids is 1. The Hall–Kier alpha value is -0.136. The molecule has 0 unspecified atom stereocenters. The van der Waals surface area contributed by atoms with Gasteiger partial charge in [0.25, 0.3) is 0 Å². The van der Waals surface area contributed by atoms with Crippen molar-refractivity contribution in [3.8, 4) is 0 Å². The Balaban J connectivity index is 3.75. The van der Waals surface area contributed by atoms with Gasteiger partial charge in [-0.3, -0.25) is 4.79 Å². The Labute approximate surface area is 65.7 Å². The summed E-state index contributed by atoms with van der Waals surface area (Å²) in [5, 5.41) is 8.06. The third-order valence-electron chi connectivity index (χ3n) is 1.25. The van der Waals surface area contributed by atoms with Gasteiger partial charge in [-0.25, -0.2) is 0 Å². The Morgan fingerprint density at radius 2 is 2.10 bits per heavy atom. The number of carboxylic acids is 1. The second-order valence-corrected chi connectivity index (χ2v) is 7.09. The maximum absolute atomic E-state index is 10.5. The summed E-state index contributed by atoms with van der Waals surface area (Å²) < 4.78 is 5.26. The molecule has 0 aromatic carbocycles. The minimum atomic E-state index is -0.846. The molecule has 0 saturated heterocycles. The molecule has 5 heteroatoms. The summed E-state index contributed by atoms with van der Waals surface area (Å²) in [5.74, 6) is -0.735. The van der Waals surface area contributed by atoms with Crippen LogP contribution in [0.3, 0.4) is 0 Å². The van der Waals surface area contributed by atoms with Crippen LogP contribution >= 0.6 is 0 Å². The second-order valence-electron chi connectivity index (χ2n) is 2.83. The van der Waals surface area contributed by atoms with Gasteiger partial charge in [-0.2, -0.15) is 0 Å². The first kappa shape index (κ1) is 9.86. The minimum Gasteiger partial charge on any atom is -0.481 e. The highest BCUT2D eigenvalue weighted by Gasteiger charge is 2.27. The normalized spacial score (nSPS) is 13.9. The van der Waals surface area contributed by atoms with Crippen molar-refractivity contribution in [3.63, 3.8) is 0 Å². The lowest BCUT2D eigenvalue weighted by atomic mass is 10.2. The van der Waals surface area contributed by atoms with Gasteiger partial charge >= 0.3 is 5.97 Å². The van der Waals surface area contributed by atoms with Crippen molar-refractivity contribution < 1.29 is 14.0 Å². The van der Waals surface area contributed by atoms with Gasteiger partial charge in [-0.1, -0.05) is 20.4 Å². The summed E-state index contributed by atoms with van der Waals surface area (Å²) in [6, 6.07) is 0. The molecule has 0 rings (SSSR count). The largest absolute Gasteiger partial charge is 0.481 e. The highest BCUT2D eigenvalue weighted by molar-refractivity contribution is 6.48. The van der Waals surface area contributed by atoms with Gasteiger partial charge in [0.2, 0.25) is 0 Å². The van der Waals surface area contributed by atoms with E-state index in [1.54, 1.807) is 13.8 Å². The van der Waals surface area contributed by atoms with Crippen molar-refractivity contribution in [2.75, 3.05) is 0 Å². The predicted molar refractivity (Wildman–Crippen MR) is 45.7 cm³/mol. The van der Waals surface area contributed by atoms with Crippen LogP contribution in [-0.2, 0) is 8.91 Å². The number of rotatable bonds is 4. The fourth-order valence-corrected chi connectivity index (χ4v) is 3.40. The molecule has 0 aliphatic carbocycles. The maximum atomic E-state index is 10.5. The zero-order chi connectivity index (χ0) is 8.20. The van der Waals surface area contributed by atoms with Crippen LogP contribution in [0, 0.1) is 0 Å². The lowest BCUT2D eigenvalue weighted by molar-refractivity contribution is -0.139. The van der Waals surface area contributed by atoms with E-state index in [0.29, 0.717) is 0 Å². The Kier molecular flexibility index (Phi) is 3.84. The highest BCUT2D eigenvalue weighted by Crippen LogP contribution is 2.21. The zero-order valence-electron chi connectivity index (χ0n) is 6.68. The Bertz CT molecular complexity index is 124. The van der Waals surface area contributed by atoms with Crippen molar-refractivity contribution >= 4 is 25.5 Å². The van der Waals surface area contributed by atoms with Gasteiger partial charge in [0, 0.05) is 0 Å². The Morgan fingerprint density at radius 1 is 1.60 bits per heavy atom. The third-order valence-corrected chi connectivity index (χ3v) is 4.72. The van der Waals surface area contributed by atoms with E-state index in [1.807, 2.05) is 6.55 Å². The van der Waals surface area contributed by atoms with E-state index in [-0.39, 0.29) is 0 Å². The molecule has 60 valence electrons. The Morgan fingerprint density at radius 3 is 2.40 bits per heavy atom. The molecule has 0 saturated carbocycles. The van der Waals surface area contributed by atoms with Crippen LogP contribution in [0.4, 0.5) is 0 Å². The van der Waals surface area contributed by atoms with Crippen molar-refractivity contribution in [2.45, 2.75) is 25.4 Å². The van der Waals surface area contributed by atoms with Crippen molar-refractivity contribution in [2.24, 2.45) is 0 Å². The van der Waals surface area contributed by atoms with Crippen LogP contribution in [0.1, 0.15) is 13.8 Å². The smallest absolute Gasteiger partial charge is 0.308 e. The van der Waals surface area contributed by atoms with E-state index >= 15 is 0 Å². The number of hydrogen-bond acceptors (Lipinski definition) is 2. The molecule has 0 amide bonds.